The first-order valence-corrected chi connectivity index (χ1v) is 7.26. The quantitative estimate of drug-likeness (QED) is 0.782. The first-order chi connectivity index (χ1) is 10.8. The van der Waals surface area contributed by atoms with Crippen LogP contribution < -0.4 is 4.74 Å². The highest BCUT2D eigenvalue weighted by Crippen LogP contribution is 2.17. The molecule has 3 rings (SSSR count). The van der Waals surface area contributed by atoms with Crippen LogP contribution in [-0.4, -0.2) is 14.9 Å². The van der Waals surface area contributed by atoms with Crippen molar-refractivity contribution in [3.63, 3.8) is 0 Å². The zero-order valence-electron chi connectivity index (χ0n) is 11.8. The third kappa shape index (κ3) is 3.30. The maximum atomic E-state index is 9.30. The minimum absolute atomic E-state index is 0.00124. The van der Waals surface area contributed by atoms with E-state index >= 15 is 0 Å². The van der Waals surface area contributed by atoms with Crippen molar-refractivity contribution in [2.24, 2.45) is 0 Å². The summed E-state index contributed by atoms with van der Waals surface area (Å²) in [6, 6.07) is 16.8. The molecule has 112 valence electrons. The van der Waals surface area contributed by atoms with Gasteiger partial charge in [0, 0.05) is 17.3 Å². The number of ether oxygens (including phenoxy) is 1. The Bertz CT molecular complexity index is 753. The van der Waals surface area contributed by atoms with Gasteiger partial charge >= 0.3 is 0 Å². The van der Waals surface area contributed by atoms with E-state index in [1.165, 1.54) is 0 Å². The molecule has 2 aromatic carbocycles. The van der Waals surface area contributed by atoms with E-state index in [-0.39, 0.29) is 6.61 Å². The third-order valence-electron chi connectivity index (χ3n) is 3.32. The van der Waals surface area contributed by atoms with Gasteiger partial charge in [-0.25, -0.2) is 4.68 Å². The Hall–Kier alpha value is -2.30. The standard InChI is InChI=1S/C17H15ClN2O2/c18-15-5-7-16(8-6-15)20-10-9-17(19-20)22-12-14-4-2-1-3-13(14)11-21/h1-10,21H,11-12H2. The van der Waals surface area contributed by atoms with Crippen molar-refractivity contribution in [1.29, 1.82) is 0 Å². The third-order valence-corrected chi connectivity index (χ3v) is 3.57. The fourth-order valence-electron chi connectivity index (χ4n) is 2.13. The molecule has 0 saturated heterocycles. The number of nitrogens with zero attached hydrogens (tertiary/aromatic N) is 2. The molecule has 0 bridgehead atoms. The van der Waals surface area contributed by atoms with Crippen molar-refractivity contribution in [2.45, 2.75) is 13.2 Å². The summed E-state index contributed by atoms with van der Waals surface area (Å²) in [5.74, 6) is 0.530. The van der Waals surface area contributed by atoms with Crippen molar-refractivity contribution >= 4 is 11.6 Å². The van der Waals surface area contributed by atoms with Crippen molar-refractivity contribution in [2.75, 3.05) is 0 Å². The minimum atomic E-state index is -0.00124. The number of aromatic nitrogens is 2. The topological polar surface area (TPSA) is 47.3 Å². The maximum Gasteiger partial charge on any atom is 0.233 e. The summed E-state index contributed by atoms with van der Waals surface area (Å²) >= 11 is 5.88. The zero-order valence-corrected chi connectivity index (χ0v) is 12.6. The highest BCUT2D eigenvalue weighted by molar-refractivity contribution is 6.30. The van der Waals surface area contributed by atoms with Gasteiger partial charge in [0.2, 0.25) is 5.88 Å². The predicted octanol–water partition coefficient (Wildman–Crippen LogP) is 3.60. The molecule has 22 heavy (non-hydrogen) atoms. The fraction of sp³-hybridized carbons (Fsp3) is 0.118. The van der Waals surface area contributed by atoms with Gasteiger partial charge in [0.25, 0.3) is 0 Å². The number of hydrogen-bond acceptors (Lipinski definition) is 3. The molecule has 3 aromatic rings. The Morgan fingerprint density at radius 1 is 1.00 bits per heavy atom. The average molecular weight is 315 g/mol. The van der Waals surface area contributed by atoms with Gasteiger partial charge in [-0.2, -0.15) is 0 Å². The number of rotatable bonds is 5. The van der Waals surface area contributed by atoms with Crippen LogP contribution in [-0.2, 0) is 13.2 Å². The van der Waals surface area contributed by atoms with E-state index in [4.69, 9.17) is 16.3 Å². The summed E-state index contributed by atoms with van der Waals surface area (Å²) in [5.41, 5.74) is 2.72. The van der Waals surface area contributed by atoms with Crippen molar-refractivity contribution in [3.05, 3.63) is 76.9 Å². The molecule has 0 fully saturated rings. The fourth-order valence-corrected chi connectivity index (χ4v) is 2.25. The van der Waals surface area contributed by atoms with Crippen LogP contribution in [0, 0.1) is 0 Å². The molecule has 5 heteroatoms. The van der Waals surface area contributed by atoms with Crippen molar-refractivity contribution in [1.82, 2.24) is 9.78 Å². The highest BCUT2D eigenvalue weighted by atomic mass is 35.5. The van der Waals surface area contributed by atoms with Gasteiger partial charge in [0.1, 0.15) is 6.61 Å². The molecule has 0 radical (unpaired) electrons. The summed E-state index contributed by atoms with van der Waals surface area (Å²) in [6.07, 6.45) is 1.83. The Kier molecular flexibility index (Phi) is 4.42. The van der Waals surface area contributed by atoms with Crippen molar-refractivity contribution < 1.29 is 9.84 Å². The van der Waals surface area contributed by atoms with Gasteiger partial charge in [-0.3, -0.25) is 0 Å². The SMILES string of the molecule is OCc1ccccc1COc1ccn(-c2ccc(Cl)cc2)n1. The van der Waals surface area contributed by atoms with Crippen LogP contribution in [0.5, 0.6) is 5.88 Å². The number of benzene rings is 2. The number of aliphatic hydroxyl groups excluding tert-OH is 1. The van der Waals surface area contributed by atoms with Gasteiger partial charge < -0.3 is 9.84 Å². The molecular weight excluding hydrogens is 300 g/mol. The summed E-state index contributed by atoms with van der Waals surface area (Å²) in [6.45, 7) is 0.368. The summed E-state index contributed by atoms with van der Waals surface area (Å²) < 4.78 is 7.42. The lowest BCUT2D eigenvalue weighted by Crippen LogP contribution is -2.01. The summed E-state index contributed by atoms with van der Waals surface area (Å²) in [7, 11) is 0. The lowest BCUT2D eigenvalue weighted by atomic mass is 10.1. The Morgan fingerprint density at radius 3 is 2.45 bits per heavy atom. The number of aliphatic hydroxyl groups is 1. The monoisotopic (exact) mass is 314 g/mol. The molecule has 1 heterocycles. The van der Waals surface area contributed by atoms with Gasteiger partial charge in [-0.05, 0) is 35.4 Å². The Labute approximate surface area is 133 Å². The lowest BCUT2D eigenvalue weighted by molar-refractivity contribution is 0.265. The van der Waals surface area contributed by atoms with Crippen LogP contribution in [0.3, 0.4) is 0 Å². The first-order valence-electron chi connectivity index (χ1n) is 6.88. The molecule has 0 spiro atoms. The molecule has 4 nitrogen and oxygen atoms in total. The van der Waals surface area contributed by atoms with E-state index in [2.05, 4.69) is 5.10 Å². The predicted molar refractivity (Wildman–Crippen MR) is 85.3 cm³/mol. The van der Waals surface area contributed by atoms with E-state index in [0.29, 0.717) is 17.5 Å². The maximum absolute atomic E-state index is 9.30. The lowest BCUT2D eigenvalue weighted by Gasteiger charge is -2.07. The van der Waals surface area contributed by atoms with Crippen LogP contribution >= 0.6 is 11.6 Å². The van der Waals surface area contributed by atoms with Crippen LogP contribution in [0.15, 0.2) is 60.8 Å². The van der Waals surface area contributed by atoms with Gasteiger partial charge in [0.05, 0.1) is 12.3 Å². The van der Waals surface area contributed by atoms with Crippen LogP contribution in [0.4, 0.5) is 0 Å². The molecular formula is C17H15ClN2O2. The van der Waals surface area contributed by atoms with Crippen LogP contribution in [0.1, 0.15) is 11.1 Å². The van der Waals surface area contributed by atoms with Crippen LogP contribution in [0.25, 0.3) is 5.69 Å². The second-order valence-corrected chi connectivity index (χ2v) is 5.23. The smallest absolute Gasteiger partial charge is 0.233 e. The molecule has 0 aliphatic rings. The Morgan fingerprint density at radius 2 is 1.73 bits per heavy atom. The Balaban J connectivity index is 1.71. The normalized spacial score (nSPS) is 10.6. The average Bonchev–Trinajstić information content (AvgIpc) is 3.03. The number of hydrogen-bond donors (Lipinski definition) is 1. The second kappa shape index (κ2) is 6.64. The number of halogens is 1. The summed E-state index contributed by atoms with van der Waals surface area (Å²) in [4.78, 5) is 0. The van der Waals surface area contributed by atoms with Gasteiger partial charge in [-0.1, -0.05) is 35.9 Å². The first kappa shape index (κ1) is 14.6. The molecule has 1 N–H and O–H groups in total. The minimum Gasteiger partial charge on any atom is -0.472 e. The molecule has 0 aliphatic heterocycles. The molecule has 0 amide bonds. The van der Waals surface area contributed by atoms with Gasteiger partial charge in [0.15, 0.2) is 0 Å². The van der Waals surface area contributed by atoms with E-state index in [1.807, 2.05) is 54.7 Å². The van der Waals surface area contributed by atoms with Crippen molar-refractivity contribution in [3.8, 4) is 11.6 Å². The summed E-state index contributed by atoms with van der Waals surface area (Å²) in [5, 5.41) is 14.4. The van der Waals surface area contributed by atoms with E-state index < -0.39 is 0 Å². The van der Waals surface area contributed by atoms with E-state index in [0.717, 1.165) is 16.8 Å². The molecule has 0 atom stereocenters. The van der Waals surface area contributed by atoms with E-state index in [9.17, 15) is 5.11 Å². The molecule has 1 aromatic heterocycles. The van der Waals surface area contributed by atoms with Crippen LogP contribution in [0.2, 0.25) is 5.02 Å². The molecule has 0 aliphatic carbocycles. The van der Waals surface area contributed by atoms with E-state index in [1.54, 1.807) is 10.7 Å². The van der Waals surface area contributed by atoms with Gasteiger partial charge in [-0.15, -0.1) is 5.10 Å². The molecule has 0 saturated carbocycles. The second-order valence-electron chi connectivity index (χ2n) is 4.79. The largest absolute Gasteiger partial charge is 0.472 e. The zero-order chi connectivity index (χ0) is 15.4. The highest BCUT2D eigenvalue weighted by Gasteiger charge is 2.05. The molecule has 0 unspecified atom stereocenters.